The molecule has 0 atom stereocenters. The molecule has 1 aliphatic rings. The second-order valence-corrected chi connectivity index (χ2v) is 5.25. The molecule has 4 rings (SSSR count). The first-order valence-corrected chi connectivity index (χ1v) is 7.33. The van der Waals surface area contributed by atoms with Gasteiger partial charge in [-0.25, -0.2) is 9.53 Å². The maximum atomic E-state index is 12.5. The fourth-order valence-corrected chi connectivity index (χ4v) is 2.56. The predicted molar refractivity (Wildman–Crippen MR) is 86.3 cm³/mol. The summed E-state index contributed by atoms with van der Waals surface area (Å²) < 4.78 is 4.63. The number of amides is 3. The van der Waals surface area contributed by atoms with E-state index in [-0.39, 0.29) is 22.8 Å². The molecule has 25 heavy (non-hydrogen) atoms. The molecule has 8 nitrogen and oxygen atoms in total. The van der Waals surface area contributed by atoms with Gasteiger partial charge in [0, 0.05) is 5.56 Å². The number of fused-ring (bicyclic) bond motifs is 1. The fourth-order valence-electron chi connectivity index (χ4n) is 2.56. The van der Waals surface area contributed by atoms with Gasteiger partial charge in [0.1, 0.15) is 0 Å². The van der Waals surface area contributed by atoms with Crippen LogP contribution in [-0.2, 0) is 0 Å². The number of aromatic nitrogens is 2. The van der Waals surface area contributed by atoms with Crippen molar-refractivity contribution in [2.24, 2.45) is 0 Å². The van der Waals surface area contributed by atoms with E-state index >= 15 is 0 Å². The van der Waals surface area contributed by atoms with Crippen LogP contribution in [0.3, 0.4) is 0 Å². The fraction of sp³-hybridized carbons (Fsp3) is 0. The zero-order valence-electron chi connectivity index (χ0n) is 12.7. The number of nitrogens with zero attached hydrogens (tertiary/aromatic N) is 3. The van der Waals surface area contributed by atoms with Crippen LogP contribution in [-0.4, -0.2) is 28.0 Å². The minimum absolute atomic E-state index is 0.108. The van der Waals surface area contributed by atoms with Crippen LogP contribution in [0.1, 0.15) is 31.1 Å². The lowest BCUT2D eigenvalue weighted by Crippen LogP contribution is -2.30. The standard InChI is InChI=1S/C17H10N4O4/c22-15(10-6-2-1-3-7-10)18-13-14(20-25-19-13)21-16(23)11-8-4-5-9-12(11)17(21)24/h1-9H,(H,18,19,22). The summed E-state index contributed by atoms with van der Waals surface area (Å²) in [5.74, 6) is -1.83. The van der Waals surface area contributed by atoms with Crippen molar-refractivity contribution in [3.63, 3.8) is 0 Å². The Morgan fingerprint density at radius 1 is 0.880 bits per heavy atom. The SMILES string of the molecule is O=C(Nc1nonc1N1C(=O)c2ccccc2C1=O)c1ccccc1. The summed E-state index contributed by atoms with van der Waals surface area (Å²) in [4.78, 5) is 38.1. The molecule has 0 saturated heterocycles. The molecule has 3 amide bonds. The Morgan fingerprint density at radius 3 is 2.12 bits per heavy atom. The maximum Gasteiger partial charge on any atom is 0.267 e. The van der Waals surface area contributed by atoms with E-state index in [1.165, 1.54) is 0 Å². The summed E-state index contributed by atoms with van der Waals surface area (Å²) >= 11 is 0. The zero-order chi connectivity index (χ0) is 17.4. The third-order valence-electron chi connectivity index (χ3n) is 3.74. The van der Waals surface area contributed by atoms with Crippen molar-refractivity contribution in [1.82, 2.24) is 10.3 Å². The molecule has 122 valence electrons. The van der Waals surface area contributed by atoms with Crippen molar-refractivity contribution < 1.29 is 19.0 Å². The Hall–Kier alpha value is -3.81. The zero-order valence-corrected chi connectivity index (χ0v) is 12.7. The molecule has 0 saturated carbocycles. The molecule has 8 heteroatoms. The van der Waals surface area contributed by atoms with Crippen molar-refractivity contribution in [2.45, 2.75) is 0 Å². The van der Waals surface area contributed by atoms with Crippen LogP contribution in [0, 0.1) is 0 Å². The van der Waals surface area contributed by atoms with Gasteiger partial charge in [0.05, 0.1) is 11.1 Å². The number of nitrogens with one attached hydrogen (secondary N) is 1. The van der Waals surface area contributed by atoms with Crippen molar-refractivity contribution in [3.05, 3.63) is 71.3 Å². The smallest absolute Gasteiger partial charge is 0.267 e. The predicted octanol–water partition coefficient (Wildman–Crippen LogP) is 2.12. The molecule has 1 aromatic heterocycles. The van der Waals surface area contributed by atoms with Crippen molar-refractivity contribution in [2.75, 3.05) is 10.2 Å². The lowest BCUT2D eigenvalue weighted by molar-refractivity contribution is 0.0921. The van der Waals surface area contributed by atoms with Gasteiger partial charge in [-0.15, -0.1) is 0 Å². The van der Waals surface area contributed by atoms with E-state index in [4.69, 9.17) is 0 Å². The van der Waals surface area contributed by atoms with Crippen LogP contribution >= 0.6 is 0 Å². The van der Waals surface area contributed by atoms with Crippen molar-refractivity contribution in [1.29, 1.82) is 0 Å². The van der Waals surface area contributed by atoms with Gasteiger partial charge in [-0.05, 0) is 34.6 Å². The normalized spacial score (nSPS) is 13.0. The number of imide groups is 1. The molecule has 0 unspecified atom stereocenters. The minimum Gasteiger partial charge on any atom is -0.300 e. The summed E-state index contributed by atoms with van der Waals surface area (Å²) in [6, 6.07) is 14.8. The van der Waals surface area contributed by atoms with Gasteiger partial charge in [-0.3, -0.25) is 14.4 Å². The van der Waals surface area contributed by atoms with Gasteiger partial charge in [0.15, 0.2) is 0 Å². The monoisotopic (exact) mass is 334 g/mol. The van der Waals surface area contributed by atoms with Crippen LogP contribution in [0.4, 0.5) is 11.6 Å². The largest absolute Gasteiger partial charge is 0.300 e. The third kappa shape index (κ3) is 2.36. The van der Waals surface area contributed by atoms with Gasteiger partial charge >= 0.3 is 0 Å². The molecular formula is C17H10N4O4. The quantitative estimate of drug-likeness (QED) is 0.736. The first-order valence-electron chi connectivity index (χ1n) is 7.33. The van der Waals surface area contributed by atoms with E-state index in [9.17, 15) is 14.4 Å². The third-order valence-corrected chi connectivity index (χ3v) is 3.74. The maximum absolute atomic E-state index is 12.5. The highest BCUT2D eigenvalue weighted by atomic mass is 16.6. The number of hydrogen-bond donors (Lipinski definition) is 1. The Labute approximate surface area is 141 Å². The van der Waals surface area contributed by atoms with Gasteiger partial charge in [-0.1, -0.05) is 30.3 Å². The molecule has 1 aliphatic heterocycles. The lowest BCUT2D eigenvalue weighted by atomic mass is 10.1. The van der Waals surface area contributed by atoms with Crippen LogP contribution < -0.4 is 10.2 Å². The first kappa shape index (κ1) is 14.8. The van der Waals surface area contributed by atoms with Crippen molar-refractivity contribution in [3.8, 4) is 0 Å². The number of hydrogen-bond acceptors (Lipinski definition) is 6. The van der Waals surface area contributed by atoms with Crippen LogP contribution in [0.15, 0.2) is 59.2 Å². The highest BCUT2D eigenvalue weighted by Crippen LogP contribution is 2.31. The highest BCUT2D eigenvalue weighted by molar-refractivity contribution is 6.34. The van der Waals surface area contributed by atoms with E-state index in [0.29, 0.717) is 5.56 Å². The van der Waals surface area contributed by atoms with E-state index in [2.05, 4.69) is 20.3 Å². The average molecular weight is 334 g/mol. The number of anilines is 2. The second kappa shape index (κ2) is 5.68. The van der Waals surface area contributed by atoms with Gasteiger partial charge < -0.3 is 5.32 Å². The van der Waals surface area contributed by atoms with Crippen LogP contribution in [0.25, 0.3) is 0 Å². The Balaban J connectivity index is 1.66. The van der Waals surface area contributed by atoms with E-state index < -0.39 is 17.7 Å². The molecule has 2 aromatic carbocycles. The van der Waals surface area contributed by atoms with E-state index in [0.717, 1.165) is 4.90 Å². The van der Waals surface area contributed by atoms with Gasteiger partial charge in [-0.2, -0.15) is 0 Å². The van der Waals surface area contributed by atoms with Gasteiger partial charge in [0.2, 0.25) is 11.6 Å². The molecule has 0 aliphatic carbocycles. The van der Waals surface area contributed by atoms with E-state index in [1.807, 2.05) is 0 Å². The molecule has 0 fully saturated rings. The molecule has 2 heterocycles. The molecule has 0 radical (unpaired) electrons. The Morgan fingerprint density at radius 2 is 1.48 bits per heavy atom. The first-order chi connectivity index (χ1) is 12.2. The molecule has 1 N–H and O–H groups in total. The number of rotatable bonds is 3. The summed E-state index contributed by atoms with van der Waals surface area (Å²) in [5.41, 5.74) is 0.908. The number of carbonyl (C=O) groups is 3. The summed E-state index contributed by atoms with van der Waals surface area (Å²) in [7, 11) is 0. The van der Waals surface area contributed by atoms with Crippen LogP contribution in [0.2, 0.25) is 0 Å². The number of benzene rings is 2. The Bertz CT molecular complexity index is 962. The summed E-state index contributed by atoms with van der Waals surface area (Å²) in [6.45, 7) is 0. The number of carbonyl (C=O) groups excluding carboxylic acids is 3. The highest BCUT2D eigenvalue weighted by Gasteiger charge is 2.40. The molecule has 0 spiro atoms. The minimum atomic E-state index is -0.550. The lowest BCUT2D eigenvalue weighted by Gasteiger charge is -2.11. The van der Waals surface area contributed by atoms with Gasteiger partial charge in [0.25, 0.3) is 17.7 Å². The van der Waals surface area contributed by atoms with Crippen molar-refractivity contribution >= 4 is 29.4 Å². The van der Waals surface area contributed by atoms with E-state index in [1.54, 1.807) is 54.6 Å². The average Bonchev–Trinajstić information content (AvgIpc) is 3.19. The Kier molecular flexibility index (Phi) is 3.35. The molecular weight excluding hydrogens is 324 g/mol. The second-order valence-electron chi connectivity index (χ2n) is 5.25. The molecule has 3 aromatic rings. The topological polar surface area (TPSA) is 105 Å². The summed E-state index contributed by atoms with van der Waals surface area (Å²) in [6.07, 6.45) is 0. The van der Waals surface area contributed by atoms with Crippen LogP contribution in [0.5, 0.6) is 0 Å². The molecule has 0 bridgehead atoms. The summed E-state index contributed by atoms with van der Waals surface area (Å²) in [5, 5.41) is 9.71.